The van der Waals surface area contributed by atoms with Crippen molar-refractivity contribution in [1.82, 2.24) is 0 Å². The molecular weight excluding hydrogens is 228 g/mol. The van der Waals surface area contributed by atoms with E-state index in [0.717, 1.165) is 12.1 Å². The fraction of sp³-hybridized carbons (Fsp3) is 0.333. The Labute approximate surface area is 91.4 Å². The molecule has 0 fully saturated rings. The number of halogens is 3. The van der Waals surface area contributed by atoms with Gasteiger partial charge in [0.25, 0.3) is 0 Å². The van der Waals surface area contributed by atoms with E-state index in [0.29, 0.717) is 0 Å². The van der Waals surface area contributed by atoms with Crippen LogP contribution >= 0.6 is 23.2 Å². The third kappa shape index (κ3) is 2.36. The van der Waals surface area contributed by atoms with Gasteiger partial charge in [0.2, 0.25) is 0 Å². The highest BCUT2D eigenvalue weighted by Gasteiger charge is 2.18. The standard InChI is InChI=1S/C9H10Cl2FNO/c1-4(13)9(14)6-2-5(12)3-7(10)8(6)11/h2-4,9,14H,13H2,1H3/t4-,9-/m0/s1. The molecule has 0 spiro atoms. The van der Waals surface area contributed by atoms with E-state index < -0.39 is 18.0 Å². The minimum absolute atomic E-state index is 0.0707. The zero-order valence-corrected chi connectivity index (χ0v) is 8.98. The summed E-state index contributed by atoms with van der Waals surface area (Å²) in [6.07, 6.45) is -1.02. The molecule has 0 aromatic heterocycles. The van der Waals surface area contributed by atoms with E-state index in [1.54, 1.807) is 6.92 Å². The highest BCUT2D eigenvalue weighted by Crippen LogP contribution is 2.32. The second kappa shape index (κ2) is 4.45. The molecule has 2 nitrogen and oxygen atoms in total. The third-order valence-electron chi connectivity index (χ3n) is 1.84. The van der Waals surface area contributed by atoms with Gasteiger partial charge in [-0.1, -0.05) is 23.2 Å². The van der Waals surface area contributed by atoms with Crippen molar-refractivity contribution >= 4 is 23.2 Å². The largest absolute Gasteiger partial charge is 0.387 e. The summed E-state index contributed by atoms with van der Waals surface area (Å²) in [7, 11) is 0. The number of hydrogen-bond donors (Lipinski definition) is 2. The summed E-state index contributed by atoms with van der Waals surface area (Å²) < 4.78 is 12.9. The van der Waals surface area contributed by atoms with Gasteiger partial charge in [-0.2, -0.15) is 0 Å². The first kappa shape index (κ1) is 11.7. The van der Waals surface area contributed by atoms with E-state index in [1.807, 2.05) is 0 Å². The maximum absolute atomic E-state index is 12.9. The van der Waals surface area contributed by atoms with Crippen LogP contribution in [0.2, 0.25) is 10.0 Å². The van der Waals surface area contributed by atoms with Crippen LogP contribution in [-0.2, 0) is 0 Å². The molecule has 0 aliphatic rings. The molecule has 1 aromatic carbocycles. The quantitative estimate of drug-likeness (QED) is 0.777. The van der Waals surface area contributed by atoms with Gasteiger partial charge in [-0.3, -0.25) is 0 Å². The average molecular weight is 238 g/mol. The van der Waals surface area contributed by atoms with Crippen molar-refractivity contribution in [2.75, 3.05) is 0 Å². The first-order chi connectivity index (χ1) is 6.43. The summed E-state index contributed by atoms with van der Waals surface area (Å²) in [4.78, 5) is 0. The summed E-state index contributed by atoms with van der Waals surface area (Å²) in [5, 5.41) is 9.80. The van der Waals surface area contributed by atoms with Crippen LogP contribution in [0.5, 0.6) is 0 Å². The average Bonchev–Trinajstić information content (AvgIpc) is 2.09. The lowest BCUT2D eigenvalue weighted by molar-refractivity contribution is 0.153. The van der Waals surface area contributed by atoms with Gasteiger partial charge in [-0.05, 0) is 19.1 Å². The van der Waals surface area contributed by atoms with Gasteiger partial charge in [0, 0.05) is 11.6 Å². The SMILES string of the molecule is C[C@H](N)[C@H](O)c1cc(F)cc(Cl)c1Cl. The molecule has 0 heterocycles. The minimum atomic E-state index is -1.02. The highest BCUT2D eigenvalue weighted by atomic mass is 35.5. The molecule has 0 amide bonds. The van der Waals surface area contributed by atoms with Gasteiger partial charge in [-0.15, -0.1) is 0 Å². The van der Waals surface area contributed by atoms with Gasteiger partial charge >= 0.3 is 0 Å². The third-order valence-corrected chi connectivity index (χ3v) is 2.65. The topological polar surface area (TPSA) is 46.2 Å². The van der Waals surface area contributed by atoms with Gasteiger partial charge in [0.1, 0.15) is 5.82 Å². The molecular formula is C9H10Cl2FNO. The fourth-order valence-electron chi connectivity index (χ4n) is 1.07. The Morgan fingerprint density at radius 1 is 1.43 bits per heavy atom. The predicted molar refractivity (Wildman–Crippen MR) is 55.0 cm³/mol. The molecule has 2 atom stereocenters. The van der Waals surface area contributed by atoms with E-state index in [2.05, 4.69) is 0 Å². The Morgan fingerprint density at radius 3 is 2.50 bits per heavy atom. The summed E-state index contributed by atoms with van der Waals surface area (Å²) in [6, 6.07) is 1.68. The van der Waals surface area contributed by atoms with Crippen molar-refractivity contribution < 1.29 is 9.50 Å². The maximum atomic E-state index is 12.9. The zero-order chi connectivity index (χ0) is 10.9. The summed E-state index contributed by atoms with van der Waals surface area (Å²) in [5.74, 6) is -0.547. The van der Waals surface area contributed by atoms with E-state index in [1.165, 1.54) is 0 Å². The molecule has 0 saturated carbocycles. The van der Waals surface area contributed by atoms with Gasteiger partial charge in [-0.25, -0.2) is 4.39 Å². The van der Waals surface area contributed by atoms with Crippen LogP contribution in [0.1, 0.15) is 18.6 Å². The Hall–Kier alpha value is -0.350. The molecule has 14 heavy (non-hydrogen) atoms. The Balaban J connectivity index is 3.20. The van der Waals surface area contributed by atoms with Crippen LogP contribution < -0.4 is 5.73 Å². The first-order valence-corrected chi connectivity index (χ1v) is 4.77. The molecule has 1 rings (SSSR count). The number of aliphatic hydroxyl groups excluding tert-OH is 1. The van der Waals surface area contributed by atoms with Crippen LogP contribution in [-0.4, -0.2) is 11.1 Å². The fourth-order valence-corrected chi connectivity index (χ4v) is 1.51. The van der Waals surface area contributed by atoms with Gasteiger partial charge < -0.3 is 10.8 Å². The number of rotatable bonds is 2. The molecule has 78 valence electrons. The second-order valence-corrected chi connectivity index (χ2v) is 3.88. The van der Waals surface area contributed by atoms with Gasteiger partial charge in [0.05, 0.1) is 16.1 Å². The monoisotopic (exact) mass is 237 g/mol. The van der Waals surface area contributed by atoms with E-state index >= 15 is 0 Å². The lowest BCUT2D eigenvalue weighted by Gasteiger charge is -2.16. The Kier molecular flexibility index (Phi) is 3.72. The smallest absolute Gasteiger partial charge is 0.125 e. The minimum Gasteiger partial charge on any atom is -0.387 e. The zero-order valence-electron chi connectivity index (χ0n) is 7.47. The van der Waals surface area contributed by atoms with E-state index in [4.69, 9.17) is 28.9 Å². The lowest BCUT2D eigenvalue weighted by Crippen LogP contribution is -2.24. The second-order valence-electron chi connectivity index (χ2n) is 3.09. The lowest BCUT2D eigenvalue weighted by atomic mass is 10.0. The van der Waals surface area contributed by atoms with Crippen molar-refractivity contribution in [3.8, 4) is 0 Å². The molecule has 0 aliphatic heterocycles. The van der Waals surface area contributed by atoms with Crippen LogP contribution in [0.4, 0.5) is 4.39 Å². The highest BCUT2D eigenvalue weighted by molar-refractivity contribution is 6.42. The van der Waals surface area contributed by atoms with Crippen LogP contribution in [0.3, 0.4) is 0 Å². The number of aliphatic hydroxyl groups is 1. The first-order valence-electron chi connectivity index (χ1n) is 4.01. The molecule has 1 aromatic rings. The molecule has 0 unspecified atom stereocenters. The maximum Gasteiger partial charge on any atom is 0.125 e. The normalized spacial score (nSPS) is 15.3. The van der Waals surface area contributed by atoms with Crippen LogP contribution in [0.15, 0.2) is 12.1 Å². The Bertz CT molecular complexity index is 344. The van der Waals surface area contributed by atoms with Crippen LogP contribution in [0.25, 0.3) is 0 Å². The predicted octanol–water partition coefficient (Wildman–Crippen LogP) is 2.51. The molecule has 5 heteroatoms. The van der Waals surface area contributed by atoms with Crippen molar-refractivity contribution in [3.63, 3.8) is 0 Å². The van der Waals surface area contributed by atoms with E-state index in [9.17, 15) is 9.50 Å². The number of hydrogen-bond acceptors (Lipinski definition) is 2. The Morgan fingerprint density at radius 2 is 2.00 bits per heavy atom. The van der Waals surface area contributed by atoms with Crippen molar-refractivity contribution in [1.29, 1.82) is 0 Å². The summed E-state index contributed by atoms with van der Waals surface area (Å²) in [6.45, 7) is 1.60. The molecule has 0 aliphatic carbocycles. The van der Waals surface area contributed by atoms with Crippen molar-refractivity contribution in [2.45, 2.75) is 19.1 Å². The van der Waals surface area contributed by atoms with Crippen LogP contribution in [0, 0.1) is 5.82 Å². The van der Waals surface area contributed by atoms with Gasteiger partial charge in [0.15, 0.2) is 0 Å². The van der Waals surface area contributed by atoms with Crippen molar-refractivity contribution in [2.24, 2.45) is 5.73 Å². The van der Waals surface area contributed by atoms with E-state index in [-0.39, 0.29) is 15.6 Å². The molecule has 0 radical (unpaired) electrons. The summed E-state index contributed by atoms with van der Waals surface area (Å²) >= 11 is 11.4. The van der Waals surface area contributed by atoms with Crippen molar-refractivity contribution in [3.05, 3.63) is 33.6 Å². The molecule has 3 N–H and O–H groups in total. The summed E-state index contributed by atoms with van der Waals surface area (Å²) in [5.41, 5.74) is 5.68. The number of benzene rings is 1. The molecule has 0 saturated heterocycles. The number of nitrogens with two attached hydrogens (primary N) is 1. The molecule has 0 bridgehead atoms.